The van der Waals surface area contributed by atoms with Crippen LogP contribution < -0.4 is 5.73 Å². The van der Waals surface area contributed by atoms with Crippen LogP contribution in [0.25, 0.3) is 0 Å². The fourth-order valence-electron chi connectivity index (χ4n) is 2.59. The molecule has 1 atom stereocenters. The molecular weight excluding hydrogens is 234 g/mol. The first-order valence-electron chi connectivity index (χ1n) is 6.70. The zero-order valence-electron chi connectivity index (χ0n) is 11.4. The van der Waals surface area contributed by atoms with Gasteiger partial charge in [-0.25, -0.2) is 8.42 Å². The van der Waals surface area contributed by atoms with Crippen molar-refractivity contribution in [1.29, 1.82) is 0 Å². The molecule has 4 heteroatoms. The van der Waals surface area contributed by atoms with Gasteiger partial charge in [-0.2, -0.15) is 0 Å². The minimum absolute atomic E-state index is 0.287. The summed E-state index contributed by atoms with van der Waals surface area (Å²) in [6.07, 6.45) is 5.77. The van der Waals surface area contributed by atoms with E-state index >= 15 is 0 Å². The zero-order chi connectivity index (χ0) is 13.1. The summed E-state index contributed by atoms with van der Waals surface area (Å²) in [5, 5.41) is 0. The third-order valence-electron chi connectivity index (χ3n) is 4.06. The van der Waals surface area contributed by atoms with E-state index in [9.17, 15) is 8.42 Å². The van der Waals surface area contributed by atoms with Crippen LogP contribution in [0.5, 0.6) is 0 Å². The number of rotatable bonds is 5. The molecule has 1 saturated carbocycles. The van der Waals surface area contributed by atoms with Gasteiger partial charge < -0.3 is 5.73 Å². The van der Waals surface area contributed by atoms with E-state index < -0.39 is 14.6 Å². The monoisotopic (exact) mass is 261 g/mol. The maximum absolute atomic E-state index is 12.0. The lowest BCUT2D eigenvalue weighted by Crippen LogP contribution is -2.33. The highest BCUT2D eigenvalue weighted by Gasteiger charge is 2.31. The van der Waals surface area contributed by atoms with Gasteiger partial charge in [0.15, 0.2) is 9.84 Å². The molecule has 0 aliphatic heterocycles. The standard InChI is InChI=1S/C13H27NO2S/c1-13(2,3)17(15,16)9-8-12(10-14)11-6-4-5-7-11/h11-12H,4-10,14H2,1-3H3. The Morgan fingerprint density at radius 3 is 2.18 bits per heavy atom. The van der Waals surface area contributed by atoms with Crippen molar-refractivity contribution in [2.75, 3.05) is 12.3 Å². The topological polar surface area (TPSA) is 60.2 Å². The molecular formula is C13H27NO2S. The molecule has 2 N–H and O–H groups in total. The third kappa shape index (κ3) is 3.95. The van der Waals surface area contributed by atoms with E-state index in [1.807, 2.05) is 0 Å². The summed E-state index contributed by atoms with van der Waals surface area (Å²) in [5.74, 6) is 1.35. The fourth-order valence-corrected chi connectivity index (χ4v) is 3.81. The second-order valence-corrected chi connectivity index (χ2v) is 9.12. The normalized spacial score (nSPS) is 20.7. The van der Waals surface area contributed by atoms with Crippen LogP contribution in [0.3, 0.4) is 0 Å². The molecule has 0 aromatic heterocycles. The summed E-state index contributed by atoms with van der Waals surface area (Å²) in [5.41, 5.74) is 5.80. The summed E-state index contributed by atoms with van der Waals surface area (Å²) in [6.45, 7) is 5.95. The molecule has 0 aromatic rings. The molecule has 1 aliphatic carbocycles. The van der Waals surface area contributed by atoms with Crippen molar-refractivity contribution >= 4 is 9.84 Å². The Balaban J connectivity index is 2.53. The molecule has 0 radical (unpaired) electrons. The van der Waals surface area contributed by atoms with Crippen molar-refractivity contribution in [2.45, 2.75) is 57.6 Å². The maximum Gasteiger partial charge on any atom is 0.155 e. The van der Waals surface area contributed by atoms with E-state index in [0.717, 1.165) is 6.42 Å². The molecule has 1 rings (SSSR count). The number of hydrogen-bond donors (Lipinski definition) is 1. The summed E-state index contributed by atoms with van der Waals surface area (Å²) in [7, 11) is -2.99. The van der Waals surface area contributed by atoms with Gasteiger partial charge in [0.25, 0.3) is 0 Å². The molecule has 1 fully saturated rings. The van der Waals surface area contributed by atoms with E-state index in [4.69, 9.17) is 5.73 Å². The molecule has 1 aliphatic rings. The lowest BCUT2D eigenvalue weighted by Gasteiger charge is -2.24. The second kappa shape index (κ2) is 5.70. The summed E-state index contributed by atoms with van der Waals surface area (Å²) >= 11 is 0. The van der Waals surface area contributed by atoms with Crippen LogP contribution in [-0.2, 0) is 9.84 Å². The highest BCUT2D eigenvalue weighted by Crippen LogP contribution is 2.33. The van der Waals surface area contributed by atoms with E-state index in [0.29, 0.717) is 18.4 Å². The Bertz CT molecular complexity index is 324. The van der Waals surface area contributed by atoms with Crippen molar-refractivity contribution in [3.63, 3.8) is 0 Å². The number of hydrogen-bond acceptors (Lipinski definition) is 3. The molecule has 0 amide bonds. The first-order valence-corrected chi connectivity index (χ1v) is 8.35. The second-order valence-electron chi connectivity index (χ2n) is 6.26. The number of sulfone groups is 1. The molecule has 17 heavy (non-hydrogen) atoms. The smallest absolute Gasteiger partial charge is 0.155 e. The van der Waals surface area contributed by atoms with Crippen LogP contribution in [0.15, 0.2) is 0 Å². The molecule has 0 spiro atoms. The van der Waals surface area contributed by atoms with Crippen LogP contribution >= 0.6 is 0 Å². The van der Waals surface area contributed by atoms with Gasteiger partial charge in [0.2, 0.25) is 0 Å². The van der Waals surface area contributed by atoms with Gasteiger partial charge in [0, 0.05) is 0 Å². The molecule has 0 heterocycles. The predicted molar refractivity (Wildman–Crippen MR) is 72.7 cm³/mol. The van der Waals surface area contributed by atoms with Crippen LogP contribution in [0.2, 0.25) is 0 Å². The predicted octanol–water partition coefficient (Wildman–Crippen LogP) is 2.35. The first kappa shape index (κ1) is 15.0. The summed E-state index contributed by atoms with van der Waals surface area (Å²) < 4.78 is 23.5. The number of nitrogens with two attached hydrogens (primary N) is 1. The van der Waals surface area contributed by atoms with E-state index in [2.05, 4.69) is 0 Å². The average molecular weight is 261 g/mol. The minimum atomic E-state index is -2.99. The molecule has 0 bridgehead atoms. The van der Waals surface area contributed by atoms with E-state index in [1.54, 1.807) is 20.8 Å². The molecule has 0 saturated heterocycles. The molecule has 102 valence electrons. The Morgan fingerprint density at radius 2 is 1.76 bits per heavy atom. The highest BCUT2D eigenvalue weighted by molar-refractivity contribution is 7.92. The van der Waals surface area contributed by atoms with Crippen molar-refractivity contribution in [3.8, 4) is 0 Å². The van der Waals surface area contributed by atoms with Crippen LogP contribution in [-0.4, -0.2) is 25.5 Å². The van der Waals surface area contributed by atoms with Crippen LogP contribution in [0, 0.1) is 11.8 Å². The van der Waals surface area contributed by atoms with Gasteiger partial charge in [-0.05, 0) is 45.6 Å². The van der Waals surface area contributed by atoms with Crippen LogP contribution in [0.1, 0.15) is 52.9 Å². The molecule has 1 unspecified atom stereocenters. The van der Waals surface area contributed by atoms with Gasteiger partial charge in [-0.15, -0.1) is 0 Å². The Kier molecular flexibility index (Phi) is 5.02. The van der Waals surface area contributed by atoms with Crippen molar-refractivity contribution in [2.24, 2.45) is 17.6 Å². The van der Waals surface area contributed by atoms with Gasteiger partial charge >= 0.3 is 0 Å². The Labute approximate surface area is 106 Å². The highest BCUT2D eigenvalue weighted by atomic mass is 32.2. The van der Waals surface area contributed by atoms with Gasteiger partial charge in [0.1, 0.15) is 0 Å². The summed E-state index contributed by atoms with van der Waals surface area (Å²) in [4.78, 5) is 0. The van der Waals surface area contributed by atoms with Gasteiger partial charge in [-0.1, -0.05) is 25.7 Å². The lowest BCUT2D eigenvalue weighted by atomic mass is 9.89. The third-order valence-corrected chi connectivity index (χ3v) is 6.70. The van der Waals surface area contributed by atoms with E-state index in [-0.39, 0.29) is 5.75 Å². The fraction of sp³-hybridized carbons (Fsp3) is 1.00. The van der Waals surface area contributed by atoms with Crippen molar-refractivity contribution in [1.82, 2.24) is 0 Å². The van der Waals surface area contributed by atoms with Gasteiger partial charge in [-0.3, -0.25) is 0 Å². The first-order chi connectivity index (χ1) is 7.78. The SMILES string of the molecule is CC(C)(C)S(=O)(=O)CCC(CN)C1CCCC1. The van der Waals surface area contributed by atoms with Crippen LogP contribution in [0.4, 0.5) is 0 Å². The lowest BCUT2D eigenvalue weighted by molar-refractivity contribution is 0.337. The molecule has 0 aromatic carbocycles. The Hall–Kier alpha value is -0.0900. The maximum atomic E-state index is 12.0. The van der Waals surface area contributed by atoms with Gasteiger partial charge in [0.05, 0.1) is 10.5 Å². The van der Waals surface area contributed by atoms with E-state index in [1.165, 1.54) is 25.7 Å². The summed E-state index contributed by atoms with van der Waals surface area (Å²) in [6, 6.07) is 0. The average Bonchev–Trinajstić information content (AvgIpc) is 2.70. The minimum Gasteiger partial charge on any atom is -0.330 e. The zero-order valence-corrected chi connectivity index (χ0v) is 12.2. The quantitative estimate of drug-likeness (QED) is 0.826. The Morgan fingerprint density at radius 1 is 1.24 bits per heavy atom. The van der Waals surface area contributed by atoms with Crippen molar-refractivity contribution < 1.29 is 8.42 Å². The molecule has 3 nitrogen and oxygen atoms in total. The van der Waals surface area contributed by atoms with Crippen molar-refractivity contribution in [3.05, 3.63) is 0 Å². The largest absolute Gasteiger partial charge is 0.330 e.